The normalized spacial score (nSPS) is 18.4. The monoisotopic (exact) mass is 273 g/mol. The SMILES string of the molecule is COc1cc(F)c(F)c(C2(CN)CCCCC2)c1F. The van der Waals surface area contributed by atoms with Crippen molar-refractivity contribution in [1.82, 2.24) is 0 Å². The van der Waals surface area contributed by atoms with Crippen LogP contribution in [0.15, 0.2) is 6.07 Å². The summed E-state index contributed by atoms with van der Waals surface area (Å²) in [6.45, 7) is 0.105. The molecule has 2 N–H and O–H groups in total. The molecular weight excluding hydrogens is 255 g/mol. The highest BCUT2D eigenvalue weighted by Crippen LogP contribution is 2.43. The molecule has 1 aliphatic rings. The van der Waals surface area contributed by atoms with Crippen molar-refractivity contribution in [2.24, 2.45) is 5.73 Å². The van der Waals surface area contributed by atoms with E-state index >= 15 is 0 Å². The van der Waals surface area contributed by atoms with Gasteiger partial charge in [0.1, 0.15) is 0 Å². The highest BCUT2D eigenvalue weighted by atomic mass is 19.2. The molecule has 1 fully saturated rings. The summed E-state index contributed by atoms with van der Waals surface area (Å²) in [5.41, 5.74) is 4.69. The molecule has 0 spiro atoms. The third-order valence-corrected chi connectivity index (χ3v) is 4.07. The Bertz CT molecular complexity index is 470. The van der Waals surface area contributed by atoms with Crippen molar-refractivity contribution in [3.05, 3.63) is 29.1 Å². The number of hydrogen-bond donors (Lipinski definition) is 1. The van der Waals surface area contributed by atoms with Gasteiger partial charge in [0.15, 0.2) is 23.2 Å². The molecule has 0 aliphatic heterocycles. The van der Waals surface area contributed by atoms with Crippen LogP contribution >= 0.6 is 0 Å². The van der Waals surface area contributed by atoms with Crippen LogP contribution in [-0.2, 0) is 5.41 Å². The number of benzene rings is 1. The Morgan fingerprint density at radius 2 is 1.79 bits per heavy atom. The minimum atomic E-state index is -1.13. The van der Waals surface area contributed by atoms with Crippen LogP contribution in [0.2, 0.25) is 0 Å². The average molecular weight is 273 g/mol. The van der Waals surface area contributed by atoms with Gasteiger partial charge in [-0.25, -0.2) is 13.2 Å². The summed E-state index contributed by atoms with van der Waals surface area (Å²) in [4.78, 5) is 0. The first-order chi connectivity index (χ1) is 9.05. The molecule has 2 rings (SSSR count). The van der Waals surface area contributed by atoms with Crippen LogP contribution in [-0.4, -0.2) is 13.7 Å². The van der Waals surface area contributed by atoms with Crippen molar-refractivity contribution in [2.75, 3.05) is 13.7 Å². The smallest absolute Gasteiger partial charge is 0.171 e. The summed E-state index contributed by atoms with van der Waals surface area (Å²) in [5, 5.41) is 0. The van der Waals surface area contributed by atoms with E-state index in [4.69, 9.17) is 10.5 Å². The number of ether oxygens (including phenoxy) is 1. The Morgan fingerprint density at radius 1 is 1.16 bits per heavy atom. The van der Waals surface area contributed by atoms with Gasteiger partial charge >= 0.3 is 0 Å². The molecule has 0 unspecified atom stereocenters. The molecule has 0 atom stereocenters. The quantitative estimate of drug-likeness (QED) is 0.858. The summed E-state index contributed by atoms with van der Waals surface area (Å²) in [7, 11) is 1.23. The lowest BCUT2D eigenvalue weighted by Gasteiger charge is -2.37. The zero-order chi connectivity index (χ0) is 14.0. The van der Waals surface area contributed by atoms with Crippen LogP contribution in [0, 0.1) is 17.5 Å². The van der Waals surface area contributed by atoms with E-state index < -0.39 is 22.9 Å². The lowest BCUT2D eigenvalue weighted by atomic mass is 9.69. The molecule has 2 nitrogen and oxygen atoms in total. The van der Waals surface area contributed by atoms with Gasteiger partial charge in [-0.15, -0.1) is 0 Å². The van der Waals surface area contributed by atoms with Crippen LogP contribution < -0.4 is 10.5 Å². The Hall–Kier alpha value is -1.23. The Balaban J connectivity index is 2.62. The Morgan fingerprint density at radius 3 is 2.32 bits per heavy atom. The zero-order valence-electron chi connectivity index (χ0n) is 10.9. The van der Waals surface area contributed by atoms with E-state index in [9.17, 15) is 13.2 Å². The predicted octanol–water partition coefficient (Wildman–Crippen LogP) is 3.27. The molecule has 5 heteroatoms. The second-order valence-electron chi connectivity index (χ2n) is 5.11. The van der Waals surface area contributed by atoms with Crippen molar-refractivity contribution in [2.45, 2.75) is 37.5 Å². The first-order valence-electron chi connectivity index (χ1n) is 6.48. The van der Waals surface area contributed by atoms with Gasteiger partial charge in [0.05, 0.1) is 7.11 Å². The number of methoxy groups -OCH3 is 1. The number of rotatable bonds is 3. The second kappa shape index (κ2) is 5.41. The maximum Gasteiger partial charge on any atom is 0.171 e. The fraction of sp³-hybridized carbons (Fsp3) is 0.571. The molecule has 0 radical (unpaired) electrons. The molecule has 0 bridgehead atoms. The van der Waals surface area contributed by atoms with Crippen LogP contribution in [0.5, 0.6) is 5.75 Å². The maximum absolute atomic E-state index is 14.3. The van der Waals surface area contributed by atoms with Crippen molar-refractivity contribution in [1.29, 1.82) is 0 Å². The van der Waals surface area contributed by atoms with E-state index in [1.807, 2.05) is 0 Å². The third-order valence-electron chi connectivity index (χ3n) is 4.07. The van der Waals surface area contributed by atoms with Gasteiger partial charge in [-0.1, -0.05) is 19.3 Å². The molecular formula is C14H18F3NO. The van der Waals surface area contributed by atoms with Gasteiger partial charge < -0.3 is 10.5 Å². The van der Waals surface area contributed by atoms with Crippen molar-refractivity contribution in [3.63, 3.8) is 0 Å². The fourth-order valence-corrected chi connectivity index (χ4v) is 2.98. The van der Waals surface area contributed by atoms with Crippen molar-refractivity contribution < 1.29 is 17.9 Å². The van der Waals surface area contributed by atoms with Gasteiger partial charge in [-0.3, -0.25) is 0 Å². The minimum Gasteiger partial charge on any atom is -0.494 e. The van der Waals surface area contributed by atoms with E-state index in [2.05, 4.69) is 0 Å². The molecule has 0 amide bonds. The first kappa shape index (κ1) is 14.2. The molecule has 19 heavy (non-hydrogen) atoms. The van der Waals surface area contributed by atoms with E-state index in [1.165, 1.54) is 7.11 Å². The largest absolute Gasteiger partial charge is 0.494 e. The summed E-state index contributed by atoms with van der Waals surface area (Å²) < 4.78 is 46.8. The summed E-state index contributed by atoms with van der Waals surface area (Å²) in [6, 6.07) is 0.737. The summed E-state index contributed by atoms with van der Waals surface area (Å²) in [6.07, 6.45) is 3.84. The molecule has 0 aromatic heterocycles. The van der Waals surface area contributed by atoms with Crippen LogP contribution in [0.3, 0.4) is 0 Å². The summed E-state index contributed by atoms with van der Waals surface area (Å²) >= 11 is 0. The van der Waals surface area contributed by atoms with Gasteiger partial charge in [0.25, 0.3) is 0 Å². The lowest BCUT2D eigenvalue weighted by Crippen LogP contribution is -2.39. The molecule has 1 saturated carbocycles. The number of nitrogens with two attached hydrogens (primary N) is 1. The standard InChI is InChI=1S/C14H18F3NO/c1-19-10-7-9(15)12(16)11(13(10)17)14(8-18)5-3-2-4-6-14/h7H,2-6,8,18H2,1H3. The van der Waals surface area contributed by atoms with E-state index in [1.54, 1.807) is 0 Å². The highest BCUT2D eigenvalue weighted by Gasteiger charge is 2.39. The van der Waals surface area contributed by atoms with Crippen LogP contribution in [0.4, 0.5) is 13.2 Å². The second-order valence-corrected chi connectivity index (χ2v) is 5.11. The molecule has 1 aromatic rings. The number of hydrogen-bond acceptors (Lipinski definition) is 2. The van der Waals surface area contributed by atoms with E-state index in [0.29, 0.717) is 12.8 Å². The Labute approximate surface area is 110 Å². The molecule has 0 heterocycles. The number of halogens is 3. The van der Waals surface area contributed by atoms with Crippen molar-refractivity contribution >= 4 is 0 Å². The molecule has 1 aliphatic carbocycles. The van der Waals surface area contributed by atoms with Crippen LogP contribution in [0.25, 0.3) is 0 Å². The van der Waals surface area contributed by atoms with Gasteiger partial charge in [-0.05, 0) is 12.8 Å². The molecule has 1 aromatic carbocycles. The molecule has 106 valence electrons. The third kappa shape index (κ3) is 2.31. The topological polar surface area (TPSA) is 35.2 Å². The first-order valence-corrected chi connectivity index (χ1v) is 6.48. The van der Waals surface area contributed by atoms with Gasteiger partial charge in [0.2, 0.25) is 0 Å². The van der Waals surface area contributed by atoms with E-state index in [0.717, 1.165) is 25.3 Å². The fourth-order valence-electron chi connectivity index (χ4n) is 2.98. The maximum atomic E-state index is 14.3. The summed E-state index contributed by atoms with van der Waals surface area (Å²) in [5.74, 6) is -3.32. The van der Waals surface area contributed by atoms with Crippen LogP contribution in [0.1, 0.15) is 37.7 Å². The minimum absolute atomic E-state index is 0.105. The van der Waals surface area contributed by atoms with Gasteiger partial charge in [-0.2, -0.15) is 0 Å². The molecule has 0 saturated heterocycles. The lowest BCUT2D eigenvalue weighted by molar-refractivity contribution is 0.271. The predicted molar refractivity (Wildman–Crippen MR) is 66.7 cm³/mol. The zero-order valence-corrected chi connectivity index (χ0v) is 10.9. The van der Waals surface area contributed by atoms with E-state index in [-0.39, 0.29) is 17.9 Å². The average Bonchev–Trinajstić information content (AvgIpc) is 2.44. The Kier molecular flexibility index (Phi) is 4.04. The van der Waals surface area contributed by atoms with Crippen molar-refractivity contribution in [3.8, 4) is 5.75 Å². The van der Waals surface area contributed by atoms with Gasteiger partial charge in [0, 0.05) is 23.6 Å². The highest BCUT2D eigenvalue weighted by molar-refractivity contribution is 5.39.